The Labute approximate surface area is 120 Å². The van der Waals surface area contributed by atoms with Gasteiger partial charge in [-0.25, -0.2) is 0 Å². The third kappa shape index (κ3) is 2.52. The van der Waals surface area contributed by atoms with Crippen molar-refractivity contribution in [3.63, 3.8) is 0 Å². The van der Waals surface area contributed by atoms with Crippen molar-refractivity contribution in [3.8, 4) is 0 Å². The van der Waals surface area contributed by atoms with Crippen LogP contribution >= 0.6 is 0 Å². The van der Waals surface area contributed by atoms with Crippen molar-refractivity contribution in [2.24, 2.45) is 0 Å². The van der Waals surface area contributed by atoms with Gasteiger partial charge >= 0.3 is 0 Å². The molecule has 2 rings (SSSR count). The Morgan fingerprint density at radius 3 is 2.45 bits per heavy atom. The largest absolute Gasteiger partial charge is 0.398 e. The van der Waals surface area contributed by atoms with Crippen molar-refractivity contribution < 1.29 is 4.79 Å². The predicted molar refractivity (Wildman–Crippen MR) is 84.2 cm³/mol. The second-order valence-electron chi connectivity index (χ2n) is 5.17. The molecule has 2 aromatic rings. The van der Waals surface area contributed by atoms with E-state index in [9.17, 15) is 4.79 Å². The van der Waals surface area contributed by atoms with Gasteiger partial charge in [-0.1, -0.05) is 23.8 Å². The lowest BCUT2D eigenvalue weighted by atomic mass is 10.0. The highest BCUT2D eigenvalue weighted by Gasteiger charge is 2.17. The zero-order valence-corrected chi connectivity index (χ0v) is 12.4. The van der Waals surface area contributed by atoms with Crippen LogP contribution in [0.2, 0.25) is 0 Å². The van der Waals surface area contributed by atoms with Crippen molar-refractivity contribution in [2.45, 2.75) is 20.8 Å². The summed E-state index contributed by atoms with van der Waals surface area (Å²) in [7, 11) is 1.79. The predicted octanol–water partition coefficient (Wildman–Crippen LogP) is 3.47. The highest BCUT2D eigenvalue weighted by atomic mass is 16.2. The van der Waals surface area contributed by atoms with Gasteiger partial charge in [0.2, 0.25) is 0 Å². The molecule has 0 bridgehead atoms. The summed E-state index contributed by atoms with van der Waals surface area (Å²) in [4.78, 5) is 14.3. The van der Waals surface area contributed by atoms with Crippen molar-refractivity contribution in [1.29, 1.82) is 0 Å². The molecular formula is C17H20N2O. The highest BCUT2D eigenvalue weighted by molar-refractivity contribution is 6.07. The maximum absolute atomic E-state index is 12.6. The quantitative estimate of drug-likeness (QED) is 0.848. The third-order valence-corrected chi connectivity index (χ3v) is 3.62. The van der Waals surface area contributed by atoms with E-state index in [-0.39, 0.29) is 5.91 Å². The topological polar surface area (TPSA) is 46.3 Å². The summed E-state index contributed by atoms with van der Waals surface area (Å²) < 4.78 is 0. The smallest absolute Gasteiger partial charge is 0.258 e. The van der Waals surface area contributed by atoms with Crippen LogP contribution in [0.15, 0.2) is 36.4 Å². The van der Waals surface area contributed by atoms with Gasteiger partial charge in [0.1, 0.15) is 0 Å². The van der Waals surface area contributed by atoms with Gasteiger partial charge in [0.15, 0.2) is 0 Å². The summed E-state index contributed by atoms with van der Waals surface area (Å²) in [6.45, 7) is 5.93. The first-order valence-electron chi connectivity index (χ1n) is 6.62. The molecule has 0 spiro atoms. The van der Waals surface area contributed by atoms with Crippen LogP contribution in [0, 0.1) is 20.8 Å². The standard InChI is InChI=1S/C17H20N2O/c1-11-8-9-16(12(2)10-11)19(4)17(20)14-6-5-7-15(18)13(14)3/h5-10H,18H2,1-4H3. The number of hydrogen-bond donors (Lipinski definition) is 1. The van der Waals surface area contributed by atoms with Crippen molar-refractivity contribution in [3.05, 3.63) is 58.7 Å². The molecule has 0 radical (unpaired) electrons. The normalized spacial score (nSPS) is 10.4. The van der Waals surface area contributed by atoms with E-state index in [0.29, 0.717) is 11.3 Å². The second-order valence-corrected chi connectivity index (χ2v) is 5.17. The number of carbonyl (C=O) groups excluding carboxylic acids is 1. The minimum absolute atomic E-state index is 0.0400. The maximum atomic E-state index is 12.6. The molecule has 1 amide bonds. The number of benzene rings is 2. The van der Waals surface area contributed by atoms with E-state index in [2.05, 4.69) is 6.07 Å². The van der Waals surface area contributed by atoms with Gasteiger partial charge in [0.25, 0.3) is 5.91 Å². The molecular weight excluding hydrogens is 248 g/mol. The summed E-state index contributed by atoms with van der Waals surface area (Å²) >= 11 is 0. The van der Waals surface area contributed by atoms with Gasteiger partial charge in [0, 0.05) is 24.0 Å². The van der Waals surface area contributed by atoms with Crippen LogP contribution in [-0.2, 0) is 0 Å². The number of amides is 1. The number of nitrogens with two attached hydrogens (primary N) is 1. The molecule has 0 aliphatic carbocycles. The molecule has 104 valence electrons. The Morgan fingerprint density at radius 1 is 1.10 bits per heavy atom. The SMILES string of the molecule is Cc1ccc(N(C)C(=O)c2cccc(N)c2C)c(C)c1. The van der Waals surface area contributed by atoms with E-state index >= 15 is 0 Å². The third-order valence-electron chi connectivity index (χ3n) is 3.62. The van der Waals surface area contributed by atoms with Crippen molar-refractivity contribution in [2.75, 3.05) is 17.7 Å². The molecule has 2 N–H and O–H groups in total. The summed E-state index contributed by atoms with van der Waals surface area (Å²) in [6.07, 6.45) is 0. The lowest BCUT2D eigenvalue weighted by molar-refractivity contribution is 0.0992. The van der Waals surface area contributed by atoms with Crippen LogP contribution in [0.25, 0.3) is 0 Å². The number of nitrogen functional groups attached to an aromatic ring is 1. The first kappa shape index (κ1) is 14.1. The molecule has 3 heteroatoms. The van der Waals surface area contributed by atoms with Gasteiger partial charge in [-0.05, 0) is 50.1 Å². The van der Waals surface area contributed by atoms with Crippen LogP contribution in [0.1, 0.15) is 27.0 Å². The number of rotatable bonds is 2. The number of anilines is 2. The van der Waals surface area contributed by atoms with E-state index in [4.69, 9.17) is 5.73 Å². The summed E-state index contributed by atoms with van der Waals surface area (Å²) in [5.74, 6) is -0.0400. The minimum Gasteiger partial charge on any atom is -0.398 e. The van der Waals surface area contributed by atoms with Gasteiger partial charge in [-0.3, -0.25) is 4.79 Å². The van der Waals surface area contributed by atoms with Crippen LogP contribution < -0.4 is 10.6 Å². The van der Waals surface area contributed by atoms with Gasteiger partial charge in [-0.2, -0.15) is 0 Å². The number of carbonyl (C=O) groups is 1. The van der Waals surface area contributed by atoms with Gasteiger partial charge < -0.3 is 10.6 Å². The van der Waals surface area contributed by atoms with E-state index in [1.54, 1.807) is 11.9 Å². The Morgan fingerprint density at radius 2 is 1.80 bits per heavy atom. The maximum Gasteiger partial charge on any atom is 0.258 e. The van der Waals surface area contributed by atoms with Crippen molar-refractivity contribution in [1.82, 2.24) is 0 Å². The Hall–Kier alpha value is -2.29. The van der Waals surface area contributed by atoms with Crippen LogP contribution in [0.5, 0.6) is 0 Å². The molecule has 2 aromatic carbocycles. The first-order chi connectivity index (χ1) is 9.41. The number of aryl methyl sites for hydroxylation is 2. The molecule has 3 nitrogen and oxygen atoms in total. The van der Waals surface area contributed by atoms with E-state index in [1.807, 2.05) is 51.1 Å². The number of nitrogens with zero attached hydrogens (tertiary/aromatic N) is 1. The highest BCUT2D eigenvalue weighted by Crippen LogP contribution is 2.24. The summed E-state index contributed by atoms with van der Waals surface area (Å²) in [6, 6.07) is 11.5. The molecule has 0 saturated carbocycles. The molecule has 0 fully saturated rings. The molecule has 0 atom stereocenters. The fourth-order valence-corrected chi connectivity index (χ4v) is 2.36. The van der Waals surface area contributed by atoms with Crippen molar-refractivity contribution >= 4 is 17.3 Å². The average Bonchev–Trinajstić information content (AvgIpc) is 2.40. The summed E-state index contributed by atoms with van der Waals surface area (Å²) in [5, 5.41) is 0. The zero-order chi connectivity index (χ0) is 14.9. The number of hydrogen-bond acceptors (Lipinski definition) is 2. The fraction of sp³-hybridized carbons (Fsp3) is 0.235. The van der Waals surface area contributed by atoms with Crippen LogP contribution in [0.3, 0.4) is 0 Å². The second kappa shape index (κ2) is 5.37. The monoisotopic (exact) mass is 268 g/mol. The minimum atomic E-state index is -0.0400. The Bertz CT molecular complexity index is 662. The van der Waals surface area contributed by atoms with E-state index in [0.717, 1.165) is 16.8 Å². The van der Waals surface area contributed by atoms with Crippen LogP contribution in [0.4, 0.5) is 11.4 Å². The summed E-state index contributed by atoms with van der Waals surface area (Å²) in [5.41, 5.74) is 11.2. The molecule has 0 saturated heterocycles. The Kier molecular flexibility index (Phi) is 3.79. The average molecular weight is 268 g/mol. The molecule has 0 unspecified atom stereocenters. The van der Waals surface area contributed by atoms with E-state index < -0.39 is 0 Å². The molecule has 20 heavy (non-hydrogen) atoms. The fourth-order valence-electron chi connectivity index (χ4n) is 2.36. The van der Waals surface area contributed by atoms with Crippen LogP contribution in [-0.4, -0.2) is 13.0 Å². The molecule has 0 heterocycles. The van der Waals surface area contributed by atoms with Gasteiger partial charge in [0.05, 0.1) is 0 Å². The zero-order valence-electron chi connectivity index (χ0n) is 12.4. The first-order valence-corrected chi connectivity index (χ1v) is 6.62. The Balaban J connectivity index is 2.40. The lowest BCUT2D eigenvalue weighted by Crippen LogP contribution is -2.27. The molecule has 0 aromatic heterocycles. The molecule has 0 aliphatic heterocycles. The van der Waals surface area contributed by atoms with E-state index in [1.165, 1.54) is 5.56 Å². The lowest BCUT2D eigenvalue weighted by Gasteiger charge is -2.21. The van der Waals surface area contributed by atoms with Gasteiger partial charge in [-0.15, -0.1) is 0 Å². The molecule has 0 aliphatic rings.